The van der Waals surface area contributed by atoms with Gasteiger partial charge >= 0.3 is 0 Å². The predicted molar refractivity (Wildman–Crippen MR) is 76.5 cm³/mol. The van der Waals surface area contributed by atoms with Gasteiger partial charge in [-0.2, -0.15) is 0 Å². The summed E-state index contributed by atoms with van der Waals surface area (Å²) in [5.41, 5.74) is 3.37. The van der Waals surface area contributed by atoms with Crippen LogP contribution in [0.5, 0.6) is 0 Å². The quantitative estimate of drug-likeness (QED) is 0.546. The predicted octanol–water partition coefficient (Wildman–Crippen LogP) is 4.04. The Labute approximate surface area is 107 Å². The van der Waals surface area contributed by atoms with Gasteiger partial charge in [0.1, 0.15) is 13.9 Å². The summed E-state index contributed by atoms with van der Waals surface area (Å²) in [5.74, 6) is 4.34. The van der Waals surface area contributed by atoms with Crippen LogP contribution in [-0.4, -0.2) is 13.9 Å². The molecule has 96 valence electrons. The molecule has 2 heteroatoms. The third kappa shape index (κ3) is 6.07. The van der Waals surface area contributed by atoms with E-state index in [0.29, 0.717) is 18.1 Å². The smallest absolute Gasteiger partial charge is 0.137 e. The van der Waals surface area contributed by atoms with Crippen molar-refractivity contribution in [3.05, 3.63) is 0 Å². The summed E-state index contributed by atoms with van der Waals surface area (Å²) in [7, 11) is -1.28. The molecule has 0 bridgehead atoms. The van der Waals surface area contributed by atoms with Crippen LogP contribution in [0.1, 0.15) is 45.4 Å². The van der Waals surface area contributed by atoms with Crippen LogP contribution in [0.15, 0.2) is 0 Å². The first-order chi connectivity index (χ1) is 7.88. The van der Waals surface area contributed by atoms with Crippen molar-refractivity contribution in [3.63, 3.8) is 0 Å². The first kappa shape index (κ1) is 14.5. The second-order valence-electron chi connectivity index (χ2n) is 6.43. The standard InChI is InChI=1S/C15H26OSi/c1-13(10-11-17(2,3)4)12-15(16)14-8-6-5-7-9-14/h13-14H,5-9,12H2,1-4H3. The largest absolute Gasteiger partial charge is 0.299 e. The molecule has 1 rings (SSSR count). The lowest BCUT2D eigenvalue weighted by atomic mass is 9.83. The normalized spacial score (nSPS) is 19.3. The average molecular weight is 250 g/mol. The van der Waals surface area contributed by atoms with Crippen LogP contribution < -0.4 is 0 Å². The molecule has 0 aromatic carbocycles. The van der Waals surface area contributed by atoms with Crippen molar-refractivity contribution in [1.82, 2.24) is 0 Å². The van der Waals surface area contributed by atoms with Crippen LogP contribution in [0.3, 0.4) is 0 Å². The highest BCUT2D eigenvalue weighted by Gasteiger charge is 2.22. The maximum absolute atomic E-state index is 12.1. The maximum Gasteiger partial charge on any atom is 0.137 e. The van der Waals surface area contributed by atoms with Gasteiger partial charge in [0.2, 0.25) is 0 Å². The Morgan fingerprint density at radius 2 is 1.82 bits per heavy atom. The fraction of sp³-hybridized carbons (Fsp3) is 0.800. The highest BCUT2D eigenvalue weighted by atomic mass is 28.3. The number of ketones is 1. The summed E-state index contributed by atoms with van der Waals surface area (Å²) in [6, 6.07) is 0. The molecule has 1 saturated carbocycles. The van der Waals surface area contributed by atoms with E-state index in [1.807, 2.05) is 0 Å². The summed E-state index contributed by atoms with van der Waals surface area (Å²) in [4.78, 5) is 12.1. The zero-order chi connectivity index (χ0) is 12.9. The van der Waals surface area contributed by atoms with Crippen molar-refractivity contribution in [2.45, 2.75) is 65.1 Å². The Morgan fingerprint density at radius 1 is 1.24 bits per heavy atom. The van der Waals surface area contributed by atoms with Gasteiger partial charge in [0.25, 0.3) is 0 Å². The minimum absolute atomic E-state index is 0.246. The topological polar surface area (TPSA) is 17.1 Å². The molecule has 1 aliphatic rings. The molecule has 1 aliphatic carbocycles. The van der Waals surface area contributed by atoms with Crippen LogP contribution >= 0.6 is 0 Å². The molecule has 0 aliphatic heterocycles. The lowest BCUT2D eigenvalue weighted by Crippen LogP contribution is -2.20. The average Bonchev–Trinajstić information content (AvgIpc) is 2.27. The van der Waals surface area contributed by atoms with Gasteiger partial charge in [-0.25, -0.2) is 0 Å². The summed E-state index contributed by atoms with van der Waals surface area (Å²) < 4.78 is 0. The van der Waals surface area contributed by atoms with Gasteiger partial charge in [-0.3, -0.25) is 4.79 Å². The SMILES string of the molecule is CC(C#C[Si](C)(C)C)CC(=O)C1CCCCC1. The monoisotopic (exact) mass is 250 g/mol. The second kappa shape index (κ2) is 6.40. The van der Waals surface area contributed by atoms with Gasteiger partial charge in [-0.1, -0.05) is 45.8 Å². The van der Waals surface area contributed by atoms with Gasteiger partial charge in [-0.15, -0.1) is 11.5 Å². The molecule has 0 aromatic heterocycles. The Kier molecular flexibility index (Phi) is 5.46. The van der Waals surface area contributed by atoms with Crippen LogP contribution in [0.4, 0.5) is 0 Å². The van der Waals surface area contributed by atoms with E-state index in [4.69, 9.17) is 0 Å². The van der Waals surface area contributed by atoms with Crippen molar-refractivity contribution in [3.8, 4) is 11.5 Å². The summed E-state index contributed by atoms with van der Waals surface area (Å²) in [5, 5.41) is 0. The molecule has 17 heavy (non-hydrogen) atoms. The first-order valence-corrected chi connectivity index (χ1v) is 10.4. The van der Waals surface area contributed by atoms with Gasteiger partial charge in [0.15, 0.2) is 0 Å². The van der Waals surface area contributed by atoms with Gasteiger partial charge in [0, 0.05) is 18.3 Å². The minimum Gasteiger partial charge on any atom is -0.299 e. The number of Topliss-reactive ketones (excluding diaryl/α,β-unsaturated/α-hetero) is 1. The Hall–Kier alpha value is -0.553. The molecule has 0 heterocycles. The number of rotatable bonds is 3. The van der Waals surface area contributed by atoms with Crippen molar-refractivity contribution in [2.75, 3.05) is 0 Å². The Morgan fingerprint density at radius 3 is 2.35 bits per heavy atom. The van der Waals surface area contributed by atoms with E-state index < -0.39 is 8.07 Å². The van der Waals surface area contributed by atoms with Crippen molar-refractivity contribution >= 4 is 13.9 Å². The molecule has 0 spiro atoms. The van der Waals surface area contributed by atoms with Gasteiger partial charge in [-0.05, 0) is 12.8 Å². The van der Waals surface area contributed by atoms with Crippen LogP contribution in [0.25, 0.3) is 0 Å². The van der Waals surface area contributed by atoms with E-state index in [9.17, 15) is 4.79 Å². The molecule has 0 saturated heterocycles. The highest BCUT2D eigenvalue weighted by molar-refractivity contribution is 6.83. The van der Waals surface area contributed by atoms with E-state index in [1.54, 1.807) is 0 Å². The molecule has 1 nitrogen and oxygen atoms in total. The van der Waals surface area contributed by atoms with Crippen LogP contribution in [0, 0.1) is 23.3 Å². The Balaban J connectivity index is 2.41. The molecule has 0 N–H and O–H groups in total. The van der Waals surface area contributed by atoms with E-state index in [2.05, 4.69) is 38.0 Å². The second-order valence-corrected chi connectivity index (χ2v) is 11.2. The number of carbonyl (C=O) groups is 1. The van der Waals surface area contributed by atoms with Gasteiger partial charge in [0.05, 0.1) is 0 Å². The van der Waals surface area contributed by atoms with E-state index in [1.165, 1.54) is 19.3 Å². The van der Waals surface area contributed by atoms with Gasteiger partial charge < -0.3 is 0 Å². The fourth-order valence-electron chi connectivity index (χ4n) is 2.28. The lowest BCUT2D eigenvalue weighted by molar-refractivity contribution is -0.124. The molecule has 0 amide bonds. The molecular formula is C15H26OSi. The third-order valence-electron chi connectivity index (χ3n) is 3.26. The Bertz CT molecular complexity index is 310. The zero-order valence-corrected chi connectivity index (χ0v) is 12.8. The van der Waals surface area contributed by atoms with Crippen LogP contribution in [0.2, 0.25) is 19.6 Å². The highest BCUT2D eigenvalue weighted by Crippen LogP contribution is 2.26. The van der Waals surface area contributed by atoms with Crippen LogP contribution in [-0.2, 0) is 4.79 Å². The van der Waals surface area contributed by atoms with E-state index in [0.717, 1.165) is 12.8 Å². The summed E-state index contributed by atoms with van der Waals surface area (Å²) >= 11 is 0. The first-order valence-electron chi connectivity index (χ1n) is 6.94. The molecule has 0 radical (unpaired) electrons. The molecule has 1 atom stereocenters. The molecule has 1 unspecified atom stereocenters. The minimum atomic E-state index is -1.28. The van der Waals surface area contributed by atoms with E-state index >= 15 is 0 Å². The van der Waals surface area contributed by atoms with Crippen molar-refractivity contribution in [1.29, 1.82) is 0 Å². The number of hydrogen-bond acceptors (Lipinski definition) is 1. The van der Waals surface area contributed by atoms with Crippen molar-refractivity contribution in [2.24, 2.45) is 11.8 Å². The summed E-state index contributed by atoms with van der Waals surface area (Å²) in [6.45, 7) is 8.83. The molecule has 1 fully saturated rings. The van der Waals surface area contributed by atoms with Crippen molar-refractivity contribution < 1.29 is 4.79 Å². The molecule has 0 aromatic rings. The number of carbonyl (C=O) groups excluding carboxylic acids is 1. The zero-order valence-electron chi connectivity index (χ0n) is 11.8. The third-order valence-corrected chi connectivity index (χ3v) is 4.16. The van der Waals surface area contributed by atoms with E-state index in [-0.39, 0.29) is 5.92 Å². The maximum atomic E-state index is 12.1. The fourth-order valence-corrected chi connectivity index (χ4v) is 2.96. The number of hydrogen-bond donors (Lipinski definition) is 0. The summed E-state index contributed by atoms with van der Waals surface area (Å²) in [6.07, 6.45) is 6.70. The lowest BCUT2D eigenvalue weighted by Gasteiger charge is -2.20. The molecular weight excluding hydrogens is 224 g/mol.